The van der Waals surface area contributed by atoms with Crippen molar-refractivity contribution in [3.8, 4) is 0 Å². The summed E-state index contributed by atoms with van der Waals surface area (Å²) in [6.07, 6.45) is 1.73. The zero-order valence-corrected chi connectivity index (χ0v) is 11.3. The van der Waals surface area contributed by atoms with Crippen molar-refractivity contribution in [3.63, 3.8) is 0 Å². The van der Waals surface area contributed by atoms with E-state index in [9.17, 15) is 14.8 Å². The van der Waals surface area contributed by atoms with Crippen LogP contribution in [0.15, 0.2) is 65.6 Å². The predicted octanol–water partition coefficient (Wildman–Crippen LogP) is 0.730. The third-order valence-corrected chi connectivity index (χ3v) is 3.49. The van der Waals surface area contributed by atoms with Crippen LogP contribution in [-0.2, 0) is 6.54 Å². The molecule has 1 heterocycles. The number of pyridine rings is 1. The molecule has 1 aromatic heterocycles. The van der Waals surface area contributed by atoms with Crippen molar-refractivity contribution in [2.45, 2.75) is 6.54 Å². The van der Waals surface area contributed by atoms with Crippen molar-refractivity contribution in [2.75, 3.05) is 0 Å². The van der Waals surface area contributed by atoms with Crippen molar-refractivity contribution in [1.82, 2.24) is 4.57 Å². The molecule has 0 aliphatic rings. The van der Waals surface area contributed by atoms with Gasteiger partial charge in [-0.2, -0.15) is 0 Å². The summed E-state index contributed by atoms with van der Waals surface area (Å²) in [7, 11) is -1.53. The Morgan fingerprint density at radius 2 is 1.76 bits per heavy atom. The quantitative estimate of drug-likeness (QED) is 0.695. The largest absolute Gasteiger partial charge is 0.488 e. The average Bonchev–Trinajstić information content (AvgIpc) is 2.51. The normalized spacial score (nSPS) is 10.8. The molecule has 0 saturated carbocycles. The first kappa shape index (κ1) is 13.6. The summed E-state index contributed by atoms with van der Waals surface area (Å²) >= 11 is 0. The van der Waals surface area contributed by atoms with Gasteiger partial charge in [-0.1, -0.05) is 42.5 Å². The Labute approximate surface area is 122 Å². The highest BCUT2D eigenvalue weighted by molar-refractivity contribution is 6.58. The van der Waals surface area contributed by atoms with E-state index in [4.69, 9.17) is 0 Å². The van der Waals surface area contributed by atoms with Crippen molar-refractivity contribution in [3.05, 3.63) is 76.7 Å². The molecular formula is C16H14BNO3. The van der Waals surface area contributed by atoms with Crippen molar-refractivity contribution < 1.29 is 10.0 Å². The Morgan fingerprint density at radius 1 is 1.00 bits per heavy atom. The summed E-state index contributed by atoms with van der Waals surface area (Å²) in [5.41, 5.74) is 1.35. The Kier molecular flexibility index (Phi) is 3.60. The molecule has 0 spiro atoms. The van der Waals surface area contributed by atoms with Gasteiger partial charge in [0.05, 0.1) is 6.54 Å². The molecule has 2 N–H and O–H groups in total. The number of fused-ring (bicyclic) bond motifs is 1. The topological polar surface area (TPSA) is 62.5 Å². The van der Waals surface area contributed by atoms with E-state index in [1.807, 2.05) is 36.4 Å². The van der Waals surface area contributed by atoms with Gasteiger partial charge in [0.15, 0.2) is 0 Å². The lowest BCUT2D eigenvalue weighted by molar-refractivity contribution is 0.426. The van der Waals surface area contributed by atoms with Crippen molar-refractivity contribution in [1.29, 1.82) is 0 Å². The summed E-state index contributed by atoms with van der Waals surface area (Å²) in [4.78, 5) is 12.5. The van der Waals surface area contributed by atoms with E-state index in [0.29, 0.717) is 22.8 Å². The van der Waals surface area contributed by atoms with Gasteiger partial charge in [0.25, 0.3) is 5.56 Å². The van der Waals surface area contributed by atoms with Gasteiger partial charge in [0.2, 0.25) is 0 Å². The molecule has 0 amide bonds. The van der Waals surface area contributed by atoms with E-state index in [0.717, 1.165) is 5.56 Å². The number of rotatable bonds is 3. The van der Waals surface area contributed by atoms with Crippen LogP contribution < -0.4 is 11.0 Å². The fourth-order valence-electron chi connectivity index (χ4n) is 2.37. The molecular weight excluding hydrogens is 265 g/mol. The number of aromatic nitrogens is 1. The Morgan fingerprint density at radius 3 is 2.48 bits per heavy atom. The number of hydrogen-bond acceptors (Lipinski definition) is 3. The standard InChI is InChI=1S/C16H14BNO3/c19-16-15-7-6-14(17(20)21)10-13(15)8-9-18(16)11-12-4-2-1-3-5-12/h1-10,20-21H,11H2. The van der Waals surface area contributed by atoms with Gasteiger partial charge in [0, 0.05) is 11.6 Å². The van der Waals surface area contributed by atoms with E-state index >= 15 is 0 Å². The minimum atomic E-state index is -1.53. The second kappa shape index (κ2) is 5.56. The second-order valence-electron chi connectivity index (χ2n) is 4.95. The van der Waals surface area contributed by atoms with Gasteiger partial charge >= 0.3 is 7.12 Å². The van der Waals surface area contributed by atoms with Crippen LogP contribution in [0.4, 0.5) is 0 Å². The van der Waals surface area contributed by atoms with Gasteiger partial charge in [-0.3, -0.25) is 4.79 Å². The van der Waals surface area contributed by atoms with Gasteiger partial charge in [-0.05, 0) is 28.5 Å². The third-order valence-electron chi connectivity index (χ3n) is 3.49. The van der Waals surface area contributed by atoms with Crippen LogP contribution in [-0.4, -0.2) is 21.7 Å². The van der Waals surface area contributed by atoms with Gasteiger partial charge in [-0.15, -0.1) is 0 Å². The van der Waals surface area contributed by atoms with Crippen LogP contribution in [0.2, 0.25) is 0 Å². The van der Waals surface area contributed by atoms with Crippen LogP contribution in [0, 0.1) is 0 Å². The molecule has 104 valence electrons. The summed E-state index contributed by atoms with van der Waals surface area (Å²) in [6.45, 7) is 0.514. The van der Waals surface area contributed by atoms with E-state index in [-0.39, 0.29) is 5.56 Å². The molecule has 0 aliphatic carbocycles. The SMILES string of the molecule is O=c1c2ccc(B(O)O)cc2ccn1Cc1ccccc1. The number of nitrogens with zero attached hydrogens (tertiary/aromatic N) is 1. The first-order valence-electron chi connectivity index (χ1n) is 6.68. The minimum Gasteiger partial charge on any atom is -0.423 e. The lowest BCUT2D eigenvalue weighted by Crippen LogP contribution is -2.30. The summed E-state index contributed by atoms with van der Waals surface area (Å²) < 4.78 is 1.65. The monoisotopic (exact) mass is 279 g/mol. The summed E-state index contributed by atoms with van der Waals surface area (Å²) in [5.74, 6) is 0. The molecule has 0 atom stereocenters. The molecule has 3 rings (SSSR count). The molecule has 0 unspecified atom stereocenters. The van der Waals surface area contributed by atoms with E-state index in [1.165, 1.54) is 0 Å². The maximum atomic E-state index is 12.5. The smallest absolute Gasteiger partial charge is 0.423 e. The Hall–Kier alpha value is -2.37. The van der Waals surface area contributed by atoms with Crippen LogP contribution in [0.1, 0.15) is 5.56 Å². The van der Waals surface area contributed by atoms with Crippen LogP contribution >= 0.6 is 0 Å². The highest BCUT2D eigenvalue weighted by atomic mass is 16.4. The zero-order chi connectivity index (χ0) is 14.8. The number of benzene rings is 2. The van der Waals surface area contributed by atoms with E-state index in [1.54, 1.807) is 29.0 Å². The van der Waals surface area contributed by atoms with Gasteiger partial charge < -0.3 is 14.6 Å². The highest BCUT2D eigenvalue weighted by Gasteiger charge is 2.12. The maximum Gasteiger partial charge on any atom is 0.488 e. The first-order chi connectivity index (χ1) is 10.1. The third kappa shape index (κ3) is 2.74. The van der Waals surface area contributed by atoms with E-state index in [2.05, 4.69) is 0 Å². The molecule has 0 saturated heterocycles. The average molecular weight is 279 g/mol. The molecule has 0 aliphatic heterocycles. The fraction of sp³-hybridized carbons (Fsp3) is 0.0625. The summed E-state index contributed by atoms with van der Waals surface area (Å²) in [6, 6.07) is 16.4. The molecule has 21 heavy (non-hydrogen) atoms. The second-order valence-corrected chi connectivity index (χ2v) is 4.95. The Bertz CT molecular complexity index is 828. The number of hydrogen-bond donors (Lipinski definition) is 2. The van der Waals surface area contributed by atoms with Crippen molar-refractivity contribution in [2.24, 2.45) is 0 Å². The van der Waals surface area contributed by atoms with Crippen LogP contribution in [0.25, 0.3) is 10.8 Å². The predicted molar refractivity (Wildman–Crippen MR) is 83.6 cm³/mol. The molecule has 3 aromatic rings. The first-order valence-corrected chi connectivity index (χ1v) is 6.68. The van der Waals surface area contributed by atoms with E-state index < -0.39 is 7.12 Å². The van der Waals surface area contributed by atoms with Crippen LogP contribution in [0.3, 0.4) is 0 Å². The van der Waals surface area contributed by atoms with Crippen LogP contribution in [0.5, 0.6) is 0 Å². The zero-order valence-electron chi connectivity index (χ0n) is 11.3. The summed E-state index contributed by atoms with van der Waals surface area (Å²) in [5, 5.41) is 19.6. The highest BCUT2D eigenvalue weighted by Crippen LogP contribution is 2.09. The molecule has 0 bridgehead atoms. The lowest BCUT2D eigenvalue weighted by atomic mass is 9.79. The fourth-order valence-corrected chi connectivity index (χ4v) is 2.37. The maximum absolute atomic E-state index is 12.5. The molecule has 0 radical (unpaired) electrons. The lowest BCUT2D eigenvalue weighted by Gasteiger charge is -2.08. The molecule has 4 nitrogen and oxygen atoms in total. The Balaban J connectivity index is 2.05. The molecule has 0 fully saturated rings. The van der Waals surface area contributed by atoms with Gasteiger partial charge in [-0.25, -0.2) is 0 Å². The molecule has 2 aromatic carbocycles. The molecule has 5 heteroatoms. The van der Waals surface area contributed by atoms with Crippen molar-refractivity contribution >= 4 is 23.4 Å². The van der Waals surface area contributed by atoms with Gasteiger partial charge in [0.1, 0.15) is 0 Å². The minimum absolute atomic E-state index is 0.0877.